The molecule has 0 saturated heterocycles. The van der Waals surface area contributed by atoms with E-state index in [1.807, 2.05) is 5.32 Å². The highest BCUT2D eigenvalue weighted by atomic mass is 19.4. The molecular weight excluding hydrogens is 458 g/mol. The highest BCUT2D eigenvalue weighted by Gasteiger charge is 2.43. The van der Waals surface area contributed by atoms with Gasteiger partial charge in [0.25, 0.3) is 0 Å². The minimum absolute atomic E-state index is 0.00623. The second-order valence-electron chi connectivity index (χ2n) is 6.67. The van der Waals surface area contributed by atoms with Gasteiger partial charge in [0.05, 0.1) is 23.3 Å². The number of halogens is 6. The van der Waals surface area contributed by atoms with Crippen LogP contribution in [0.15, 0.2) is 42.5 Å². The minimum Gasteiger partial charge on any atom is -0.462 e. The lowest BCUT2D eigenvalue weighted by Gasteiger charge is -2.17. The van der Waals surface area contributed by atoms with Gasteiger partial charge in [-0.15, -0.1) is 0 Å². The molecule has 178 valence electrons. The van der Waals surface area contributed by atoms with E-state index in [0.717, 1.165) is 0 Å². The standard InChI is InChI=1S/C21H18F6N2O4/c1-2-33-19(32)13-5-3-12(4-6-13)11-28-17(30)10-18(31)29-14-7-8-15(20(22,23)24)16(9-14)21(25,26)27/h3-9H,2,10-11H2,1H3,(H,28,30)(H,29,31). The van der Waals surface area contributed by atoms with Gasteiger partial charge in [-0.2, -0.15) is 26.3 Å². The molecule has 0 spiro atoms. The second-order valence-corrected chi connectivity index (χ2v) is 6.67. The molecule has 2 amide bonds. The molecule has 0 atom stereocenters. The van der Waals surface area contributed by atoms with Crippen molar-refractivity contribution in [1.29, 1.82) is 0 Å². The molecule has 0 saturated carbocycles. The summed E-state index contributed by atoms with van der Waals surface area (Å²) in [5.74, 6) is -2.30. The minimum atomic E-state index is -5.30. The van der Waals surface area contributed by atoms with Gasteiger partial charge in [0.15, 0.2) is 0 Å². The smallest absolute Gasteiger partial charge is 0.417 e. The van der Waals surface area contributed by atoms with Gasteiger partial charge in [-0.3, -0.25) is 9.59 Å². The van der Waals surface area contributed by atoms with Crippen molar-refractivity contribution in [2.24, 2.45) is 0 Å². The lowest BCUT2D eigenvalue weighted by atomic mass is 10.1. The zero-order valence-corrected chi connectivity index (χ0v) is 17.1. The fourth-order valence-corrected chi connectivity index (χ4v) is 2.69. The summed E-state index contributed by atoms with van der Waals surface area (Å²) in [5, 5.41) is 4.38. The molecule has 0 aliphatic carbocycles. The zero-order valence-electron chi connectivity index (χ0n) is 17.1. The van der Waals surface area contributed by atoms with E-state index in [4.69, 9.17) is 4.74 Å². The lowest BCUT2D eigenvalue weighted by molar-refractivity contribution is -0.162. The van der Waals surface area contributed by atoms with Crippen molar-refractivity contribution in [1.82, 2.24) is 5.32 Å². The van der Waals surface area contributed by atoms with Crippen LogP contribution in [-0.2, 0) is 33.2 Å². The van der Waals surface area contributed by atoms with Crippen LogP contribution in [0.3, 0.4) is 0 Å². The van der Waals surface area contributed by atoms with Gasteiger partial charge in [-0.1, -0.05) is 12.1 Å². The predicted octanol–water partition coefficient (Wildman–Crippen LogP) is 4.55. The van der Waals surface area contributed by atoms with Crippen molar-refractivity contribution in [3.8, 4) is 0 Å². The van der Waals surface area contributed by atoms with Crippen molar-refractivity contribution in [3.63, 3.8) is 0 Å². The van der Waals surface area contributed by atoms with Crippen LogP contribution in [0.4, 0.5) is 32.0 Å². The number of carbonyl (C=O) groups excluding carboxylic acids is 3. The number of carbonyl (C=O) groups is 3. The topological polar surface area (TPSA) is 84.5 Å². The molecule has 2 aromatic rings. The summed E-state index contributed by atoms with van der Waals surface area (Å²) in [5.41, 5.74) is -3.48. The molecule has 0 unspecified atom stereocenters. The van der Waals surface area contributed by atoms with E-state index >= 15 is 0 Å². The van der Waals surface area contributed by atoms with Gasteiger partial charge in [0, 0.05) is 12.2 Å². The largest absolute Gasteiger partial charge is 0.462 e. The number of benzene rings is 2. The first kappa shape index (κ1) is 25.7. The van der Waals surface area contributed by atoms with E-state index < -0.39 is 53.4 Å². The maximum Gasteiger partial charge on any atom is 0.417 e. The van der Waals surface area contributed by atoms with Crippen molar-refractivity contribution < 1.29 is 45.5 Å². The molecule has 12 heteroatoms. The van der Waals surface area contributed by atoms with Crippen LogP contribution in [0, 0.1) is 0 Å². The van der Waals surface area contributed by atoms with E-state index in [1.54, 1.807) is 19.1 Å². The molecule has 0 fully saturated rings. The van der Waals surface area contributed by atoms with Crippen molar-refractivity contribution in [2.45, 2.75) is 32.2 Å². The van der Waals surface area contributed by atoms with E-state index in [-0.39, 0.29) is 25.3 Å². The van der Waals surface area contributed by atoms with E-state index in [1.165, 1.54) is 12.1 Å². The first-order chi connectivity index (χ1) is 15.3. The summed E-state index contributed by atoms with van der Waals surface area (Å²) in [7, 11) is 0. The maximum absolute atomic E-state index is 13.0. The quantitative estimate of drug-likeness (QED) is 0.349. The average Bonchev–Trinajstić information content (AvgIpc) is 2.71. The van der Waals surface area contributed by atoms with Crippen LogP contribution >= 0.6 is 0 Å². The zero-order chi connectivity index (χ0) is 24.8. The number of amides is 2. The van der Waals surface area contributed by atoms with Gasteiger partial charge < -0.3 is 15.4 Å². The Morgan fingerprint density at radius 3 is 2.00 bits per heavy atom. The summed E-state index contributed by atoms with van der Waals surface area (Å²) >= 11 is 0. The van der Waals surface area contributed by atoms with Crippen molar-refractivity contribution in [3.05, 3.63) is 64.7 Å². The monoisotopic (exact) mass is 476 g/mol. The van der Waals surface area contributed by atoms with Crippen LogP contribution in [0.2, 0.25) is 0 Å². The fourth-order valence-electron chi connectivity index (χ4n) is 2.69. The first-order valence-electron chi connectivity index (χ1n) is 9.42. The normalized spacial score (nSPS) is 11.6. The van der Waals surface area contributed by atoms with E-state index in [2.05, 4.69) is 5.32 Å². The summed E-state index contributed by atoms with van der Waals surface area (Å²) in [4.78, 5) is 35.4. The fraction of sp³-hybridized carbons (Fsp3) is 0.286. The highest BCUT2D eigenvalue weighted by molar-refractivity contribution is 6.03. The maximum atomic E-state index is 13.0. The second kappa shape index (κ2) is 10.4. The van der Waals surface area contributed by atoms with Gasteiger partial charge >= 0.3 is 18.3 Å². The van der Waals surface area contributed by atoms with Crippen LogP contribution in [0.25, 0.3) is 0 Å². The van der Waals surface area contributed by atoms with Gasteiger partial charge in [-0.05, 0) is 42.8 Å². The van der Waals surface area contributed by atoms with Crippen LogP contribution in [0.1, 0.15) is 40.4 Å². The summed E-state index contributed by atoms with van der Waals surface area (Å²) in [6.45, 7) is 1.86. The third-order valence-electron chi connectivity index (χ3n) is 4.19. The van der Waals surface area contributed by atoms with E-state index in [9.17, 15) is 40.7 Å². The lowest BCUT2D eigenvalue weighted by Crippen LogP contribution is -2.28. The third kappa shape index (κ3) is 7.51. The molecule has 33 heavy (non-hydrogen) atoms. The van der Waals surface area contributed by atoms with Crippen molar-refractivity contribution in [2.75, 3.05) is 11.9 Å². The number of esters is 1. The number of rotatable bonds is 7. The molecule has 0 radical (unpaired) electrons. The number of alkyl halides is 6. The van der Waals surface area contributed by atoms with Crippen LogP contribution in [0.5, 0.6) is 0 Å². The third-order valence-corrected chi connectivity index (χ3v) is 4.19. The van der Waals surface area contributed by atoms with Gasteiger partial charge in [-0.25, -0.2) is 4.79 Å². The molecule has 6 nitrogen and oxygen atoms in total. The molecule has 0 aliphatic rings. The van der Waals surface area contributed by atoms with Gasteiger partial charge in [0.2, 0.25) is 11.8 Å². The highest BCUT2D eigenvalue weighted by Crippen LogP contribution is 2.41. The Balaban J connectivity index is 1.95. The Hall–Kier alpha value is -3.57. The Kier molecular flexibility index (Phi) is 8.07. The summed E-state index contributed by atoms with van der Waals surface area (Å²) in [6.07, 6.45) is -11.3. The molecule has 2 aromatic carbocycles. The molecule has 2 rings (SSSR count). The van der Waals surface area contributed by atoms with Gasteiger partial charge in [0.1, 0.15) is 6.42 Å². The number of nitrogens with one attached hydrogen (secondary N) is 2. The molecule has 0 aromatic heterocycles. The Bertz CT molecular complexity index is 1020. The molecule has 0 aliphatic heterocycles. The number of ether oxygens (including phenoxy) is 1. The van der Waals surface area contributed by atoms with Crippen molar-refractivity contribution >= 4 is 23.5 Å². The van der Waals surface area contributed by atoms with Crippen LogP contribution < -0.4 is 10.6 Å². The Morgan fingerprint density at radius 2 is 1.45 bits per heavy atom. The number of hydrogen-bond acceptors (Lipinski definition) is 4. The number of hydrogen-bond donors (Lipinski definition) is 2. The number of anilines is 1. The van der Waals surface area contributed by atoms with Crippen LogP contribution in [-0.4, -0.2) is 24.4 Å². The Morgan fingerprint density at radius 1 is 0.848 bits per heavy atom. The van der Waals surface area contributed by atoms with E-state index in [0.29, 0.717) is 17.2 Å². The summed E-state index contributed by atoms with van der Waals surface area (Å²) < 4.78 is 82.2. The summed E-state index contributed by atoms with van der Waals surface area (Å²) in [6, 6.07) is 7.09. The molecular formula is C21H18F6N2O4. The SMILES string of the molecule is CCOC(=O)c1ccc(CNC(=O)CC(=O)Nc2ccc(C(F)(F)F)c(C(F)(F)F)c2)cc1. The first-order valence-corrected chi connectivity index (χ1v) is 9.42. The Labute approximate surface area is 183 Å². The molecule has 2 N–H and O–H groups in total. The molecule has 0 bridgehead atoms. The average molecular weight is 476 g/mol. The predicted molar refractivity (Wildman–Crippen MR) is 104 cm³/mol. The molecule has 0 heterocycles.